The van der Waals surface area contributed by atoms with Gasteiger partial charge in [-0.2, -0.15) is 0 Å². The summed E-state index contributed by atoms with van der Waals surface area (Å²) >= 11 is 0. The molecule has 0 aliphatic heterocycles. The Kier molecular flexibility index (Phi) is 5.09. The molecule has 0 spiro atoms. The molecule has 0 heterocycles. The van der Waals surface area contributed by atoms with Crippen molar-refractivity contribution in [2.24, 2.45) is 0 Å². The number of hydrogen-bond donors (Lipinski definition) is 2. The Morgan fingerprint density at radius 3 is 2.67 bits per heavy atom. The van der Waals surface area contributed by atoms with Gasteiger partial charge in [-0.3, -0.25) is 0 Å². The van der Waals surface area contributed by atoms with Crippen molar-refractivity contribution in [2.75, 3.05) is 18.4 Å². The molecule has 0 bridgehead atoms. The molecule has 1 aromatic rings. The highest BCUT2D eigenvalue weighted by atomic mass is 14.9. The molecule has 15 heavy (non-hydrogen) atoms. The Balaban J connectivity index is 2.17. The second kappa shape index (κ2) is 6.71. The predicted molar refractivity (Wildman–Crippen MR) is 66.9 cm³/mol. The van der Waals surface area contributed by atoms with Gasteiger partial charge in [0.2, 0.25) is 0 Å². The first-order chi connectivity index (χ1) is 7.33. The monoisotopic (exact) mass is 202 g/mol. The molecule has 0 unspecified atom stereocenters. The Labute approximate surface area is 91.7 Å². The fourth-order valence-electron chi connectivity index (χ4n) is 1.26. The number of rotatable bonds is 6. The smallest absolute Gasteiger partial charge is 0.0340 e. The first kappa shape index (κ1) is 11.4. The van der Waals surface area contributed by atoms with Gasteiger partial charge in [-0.1, -0.05) is 30.9 Å². The van der Waals surface area contributed by atoms with E-state index in [4.69, 9.17) is 0 Å². The van der Waals surface area contributed by atoms with Gasteiger partial charge in [0.05, 0.1) is 0 Å². The fourth-order valence-corrected chi connectivity index (χ4v) is 1.26. The van der Waals surface area contributed by atoms with Crippen molar-refractivity contribution in [2.45, 2.75) is 6.92 Å². The lowest BCUT2D eigenvalue weighted by Crippen LogP contribution is -2.20. The van der Waals surface area contributed by atoms with Crippen LogP contribution in [0.1, 0.15) is 6.92 Å². The van der Waals surface area contributed by atoms with E-state index in [1.807, 2.05) is 31.2 Å². The van der Waals surface area contributed by atoms with Crippen molar-refractivity contribution < 1.29 is 0 Å². The third-order valence-electron chi connectivity index (χ3n) is 2.00. The van der Waals surface area contributed by atoms with Crippen LogP contribution in [-0.4, -0.2) is 13.1 Å². The molecule has 80 valence electrons. The Morgan fingerprint density at radius 1 is 1.27 bits per heavy atom. The molecule has 0 saturated carbocycles. The molecule has 1 rings (SSSR count). The van der Waals surface area contributed by atoms with E-state index in [0.29, 0.717) is 0 Å². The maximum atomic E-state index is 3.64. The molecule has 0 atom stereocenters. The van der Waals surface area contributed by atoms with Crippen molar-refractivity contribution in [3.05, 3.63) is 54.8 Å². The zero-order valence-corrected chi connectivity index (χ0v) is 9.16. The summed E-state index contributed by atoms with van der Waals surface area (Å²) in [4.78, 5) is 0. The number of hydrogen-bond acceptors (Lipinski definition) is 2. The van der Waals surface area contributed by atoms with Crippen LogP contribution in [0.2, 0.25) is 0 Å². The van der Waals surface area contributed by atoms with Crippen molar-refractivity contribution in [3.63, 3.8) is 0 Å². The van der Waals surface area contributed by atoms with Crippen LogP contribution in [0, 0.1) is 0 Å². The maximum Gasteiger partial charge on any atom is 0.0340 e. The third kappa shape index (κ3) is 4.91. The van der Waals surface area contributed by atoms with Gasteiger partial charge in [-0.05, 0) is 25.1 Å². The van der Waals surface area contributed by atoms with Crippen LogP contribution in [-0.2, 0) is 0 Å². The van der Waals surface area contributed by atoms with E-state index in [1.54, 1.807) is 6.08 Å². The van der Waals surface area contributed by atoms with Crippen molar-refractivity contribution >= 4 is 5.69 Å². The van der Waals surface area contributed by atoms with E-state index in [2.05, 4.69) is 29.3 Å². The van der Waals surface area contributed by atoms with Gasteiger partial charge in [-0.25, -0.2) is 0 Å². The quantitative estimate of drug-likeness (QED) is 0.547. The number of para-hydroxylation sites is 1. The number of nitrogens with one attached hydrogen (secondary N) is 2. The molecule has 2 heteroatoms. The van der Waals surface area contributed by atoms with Crippen molar-refractivity contribution in [1.82, 2.24) is 5.32 Å². The molecule has 1 aromatic carbocycles. The largest absolute Gasteiger partial charge is 0.387 e. The van der Waals surface area contributed by atoms with E-state index in [1.165, 1.54) is 0 Å². The SMILES string of the molecule is C=C/C=C(\C)NCCNc1ccccc1. The molecule has 2 nitrogen and oxygen atoms in total. The van der Waals surface area contributed by atoms with Crippen LogP contribution in [0.15, 0.2) is 54.8 Å². The lowest BCUT2D eigenvalue weighted by Gasteiger charge is -2.08. The van der Waals surface area contributed by atoms with Gasteiger partial charge in [-0.15, -0.1) is 0 Å². The predicted octanol–water partition coefficient (Wildman–Crippen LogP) is 2.78. The summed E-state index contributed by atoms with van der Waals surface area (Å²) < 4.78 is 0. The maximum absolute atomic E-state index is 3.64. The topological polar surface area (TPSA) is 24.1 Å². The Hall–Kier alpha value is -1.70. The molecule has 2 N–H and O–H groups in total. The fraction of sp³-hybridized carbons (Fsp3) is 0.231. The minimum absolute atomic E-state index is 0.908. The highest BCUT2D eigenvalue weighted by molar-refractivity contribution is 5.42. The van der Waals surface area contributed by atoms with Gasteiger partial charge in [0.1, 0.15) is 0 Å². The average Bonchev–Trinajstić information content (AvgIpc) is 2.26. The lowest BCUT2D eigenvalue weighted by atomic mass is 10.3. The molecule has 0 aromatic heterocycles. The van der Waals surface area contributed by atoms with Crippen LogP contribution in [0.4, 0.5) is 5.69 Å². The first-order valence-electron chi connectivity index (χ1n) is 5.15. The highest BCUT2D eigenvalue weighted by Crippen LogP contribution is 2.03. The molecule has 0 saturated heterocycles. The summed E-state index contributed by atoms with van der Waals surface area (Å²) in [5.41, 5.74) is 2.30. The molecule has 0 amide bonds. The van der Waals surface area contributed by atoms with Crippen LogP contribution in [0.3, 0.4) is 0 Å². The van der Waals surface area contributed by atoms with Crippen LogP contribution >= 0.6 is 0 Å². The van der Waals surface area contributed by atoms with E-state index in [-0.39, 0.29) is 0 Å². The van der Waals surface area contributed by atoms with Crippen LogP contribution in [0.25, 0.3) is 0 Å². The summed E-state index contributed by atoms with van der Waals surface area (Å²) in [6, 6.07) is 10.2. The summed E-state index contributed by atoms with van der Waals surface area (Å²) in [6.45, 7) is 7.49. The minimum atomic E-state index is 0.908. The van der Waals surface area contributed by atoms with Crippen LogP contribution in [0.5, 0.6) is 0 Å². The number of allylic oxidation sites excluding steroid dienone is 3. The van der Waals surface area contributed by atoms with Gasteiger partial charge in [0, 0.05) is 24.5 Å². The molecular formula is C13H18N2. The van der Waals surface area contributed by atoms with Gasteiger partial charge in [0.25, 0.3) is 0 Å². The average molecular weight is 202 g/mol. The van der Waals surface area contributed by atoms with E-state index in [0.717, 1.165) is 24.5 Å². The number of benzene rings is 1. The second-order valence-corrected chi connectivity index (χ2v) is 3.30. The summed E-state index contributed by atoms with van der Waals surface area (Å²) in [7, 11) is 0. The molecular weight excluding hydrogens is 184 g/mol. The summed E-state index contributed by atoms with van der Waals surface area (Å²) in [5.74, 6) is 0. The zero-order valence-electron chi connectivity index (χ0n) is 9.16. The summed E-state index contributed by atoms with van der Waals surface area (Å²) in [5, 5.41) is 6.61. The molecule has 0 radical (unpaired) electrons. The first-order valence-corrected chi connectivity index (χ1v) is 5.15. The Bertz CT molecular complexity index is 315. The second-order valence-electron chi connectivity index (χ2n) is 3.30. The van der Waals surface area contributed by atoms with Gasteiger partial charge in [0.15, 0.2) is 0 Å². The highest BCUT2D eigenvalue weighted by Gasteiger charge is 1.89. The molecule has 0 fully saturated rings. The normalized spacial score (nSPS) is 10.9. The summed E-state index contributed by atoms with van der Waals surface area (Å²) in [6.07, 6.45) is 3.75. The van der Waals surface area contributed by atoms with Crippen LogP contribution < -0.4 is 10.6 Å². The zero-order chi connectivity index (χ0) is 10.9. The van der Waals surface area contributed by atoms with Crippen molar-refractivity contribution in [1.29, 1.82) is 0 Å². The van der Waals surface area contributed by atoms with Gasteiger partial charge < -0.3 is 10.6 Å². The van der Waals surface area contributed by atoms with Crippen molar-refractivity contribution in [3.8, 4) is 0 Å². The minimum Gasteiger partial charge on any atom is -0.387 e. The van der Waals surface area contributed by atoms with Gasteiger partial charge >= 0.3 is 0 Å². The third-order valence-corrected chi connectivity index (χ3v) is 2.00. The number of anilines is 1. The van der Waals surface area contributed by atoms with E-state index in [9.17, 15) is 0 Å². The van der Waals surface area contributed by atoms with E-state index >= 15 is 0 Å². The molecule has 0 aliphatic rings. The lowest BCUT2D eigenvalue weighted by molar-refractivity contribution is 0.818. The van der Waals surface area contributed by atoms with E-state index < -0.39 is 0 Å². The molecule has 0 aliphatic carbocycles. The standard InChI is InChI=1S/C13H18N2/c1-3-7-12(2)14-10-11-15-13-8-5-4-6-9-13/h3-9,14-15H,1,10-11H2,2H3/b12-7+. The Morgan fingerprint density at radius 2 is 2.00 bits per heavy atom.